The monoisotopic (exact) mass is 289 g/mol. The van der Waals surface area contributed by atoms with Crippen LogP contribution in [0.2, 0.25) is 0 Å². The largest absolute Gasteiger partial charge is 0.354 e. The summed E-state index contributed by atoms with van der Waals surface area (Å²) in [5, 5.41) is 5.46. The van der Waals surface area contributed by atoms with Crippen LogP contribution in [0.1, 0.15) is 10.5 Å². The van der Waals surface area contributed by atoms with Crippen molar-refractivity contribution in [2.75, 3.05) is 11.9 Å². The fourth-order valence-corrected chi connectivity index (χ4v) is 1.60. The third-order valence-electron chi connectivity index (χ3n) is 2.61. The molecule has 1 aromatic carbocycles. The molecule has 6 heteroatoms. The number of anilines is 2. The summed E-state index contributed by atoms with van der Waals surface area (Å²) in [6.07, 6.45) is 3.00. The molecule has 0 saturated heterocycles. The van der Waals surface area contributed by atoms with Gasteiger partial charge in [-0.15, -0.1) is 6.58 Å². The number of benzene rings is 1. The van der Waals surface area contributed by atoms with Gasteiger partial charge in [-0.2, -0.15) is 0 Å². The van der Waals surface area contributed by atoms with Crippen molar-refractivity contribution < 1.29 is 13.6 Å². The van der Waals surface area contributed by atoms with Crippen LogP contribution in [0.15, 0.2) is 49.2 Å². The normalized spacial score (nSPS) is 10.0. The summed E-state index contributed by atoms with van der Waals surface area (Å²) in [6.45, 7) is 3.85. The summed E-state index contributed by atoms with van der Waals surface area (Å²) < 4.78 is 25.9. The van der Waals surface area contributed by atoms with Gasteiger partial charge in [0.05, 0.1) is 11.9 Å². The fraction of sp³-hybridized carbons (Fsp3) is 0.0667. The highest BCUT2D eigenvalue weighted by molar-refractivity contribution is 5.92. The first-order valence-electron chi connectivity index (χ1n) is 6.17. The maximum Gasteiger partial charge on any atom is 0.270 e. The summed E-state index contributed by atoms with van der Waals surface area (Å²) in [5.74, 6) is -2.16. The minimum Gasteiger partial charge on any atom is -0.354 e. The number of hydrogen-bond acceptors (Lipinski definition) is 3. The van der Waals surface area contributed by atoms with Crippen molar-refractivity contribution in [3.8, 4) is 0 Å². The van der Waals surface area contributed by atoms with E-state index in [-0.39, 0.29) is 11.6 Å². The van der Waals surface area contributed by atoms with Crippen molar-refractivity contribution in [1.82, 2.24) is 10.3 Å². The molecule has 4 nitrogen and oxygen atoms in total. The molecule has 0 unspecified atom stereocenters. The predicted octanol–water partition coefficient (Wildman–Crippen LogP) is 3.02. The van der Waals surface area contributed by atoms with E-state index < -0.39 is 11.6 Å². The molecule has 21 heavy (non-hydrogen) atoms. The van der Waals surface area contributed by atoms with Gasteiger partial charge in [0.25, 0.3) is 5.91 Å². The van der Waals surface area contributed by atoms with Crippen LogP contribution in [0.3, 0.4) is 0 Å². The zero-order chi connectivity index (χ0) is 15.2. The molecule has 1 heterocycles. The van der Waals surface area contributed by atoms with Crippen molar-refractivity contribution >= 4 is 17.3 Å². The quantitative estimate of drug-likeness (QED) is 0.832. The fourth-order valence-electron chi connectivity index (χ4n) is 1.60. The zero-order valence-corrected chi connectivity index (χ0v) is 11.1. The number of amides is 1. The van der Waals surface area contributed by atoms with Crippen molar-refractivity contribution in [3.63, 3.8) is 0 Å². The second-order valence-electron chi connectivity index (χ2n) is 4.18. The van der Waals surface area contributed by atoms with E-state index in [1.165, 1.54) is 18.3 Å². The molecule has 0 aliphatic heterocycles. The van der Waals surface area contributed by atoms with Gasteiger partial charge in [0.2, 0.25) is 0 Å². The third kappa shape index (κ3) is 3.85. The van der Waals surface area contributed by atoms with Gasteiger partial charge < -0.3 is 10.6 Å². The smallest absolute Gasteiger partial charge is 0.270 e. The topological polar surface area (TPSA) is 54.0 Å². The van der Waals surface area contributed by atoms with Crippen LogP contribution in [-0.2, 0) is 0 Å². The molecule has 2 rings (SSSR count). The number of rotatable bonds is 5. The average molecular weight is 289 g/mol. The molecular weight excluding hydrogens is 276 g/mol. The molecule has 0 saturated carbocycles. The summed E-state index contributed by atoms with van der Waals surface area (Å²) in [7, 11) is 0. The first-order chi connectivity index (χ1) is 10.1. The molecule has 0 radical (unpaired) electrons. The number of aromatic nitrogens is 1. The summed E-state index contributed by atoms with van der Waals surface area (Å²) in [4.78, 5) is 15.6. The summed E-state index contributed by atoms with van der Waals surface area (Å²) in [5.41, 5.74) is 1.20. The highest BCUT2D eigenvalue weighted by Crippen LogP contribution is 2.18. The molecular formula is C15H13F2N3O. The van der Waals surface area contributed by atoms with Crippen LogP contribution in [0.4, 0.5) is 20.2 Å². The summed E-state index contributed by atoms with van der Waals surface area (Å²) in [6, 6.07) is 6.63. The highest BCUT2D eigenvalue weighted by atomic mass is 19.2. The standard InChI is InChI=1S/C15H13F2N3O/c1-2-7-18-15(21)14-6-4-11(9-19-14)20-10-3-5-12(16)13(17)8-10/h2-6,8-9,20H,1,7H2,(H,18,21). The van der Waals surface area contributed by atoms with Crippen molar-refractivity contribution in [1.29, 1.82) is 0 Å². The van der Waals surface area contributed by atoms with Gasteiger partial charge in [-0.1, -0.05) is 6.08 Å². The lowest BCUT2D eigenvalue weighted by molar-refractivity contribution is 0.0953. The number of carbonyl (C=O) groups is 1. The number of hydrogen-bond donors (Lipinski definition) is 2. The lowest BCUT2D eigenvalue weighted by Crippen LogP contribution is -2.24. The Balaban J connectivity index is 2.06. The van der Waals surface area contributed by atoms with Gasteiger partial charge in [-0.05, 0) is 24.3 Å². The van der Waals surface area contributed by atoms with Crippen LogP contribution in [0.5, 0.6) is 0 Å². The maximum atomic E-state index is 13.1. The Kier molecular flexibility index (Phi) is 4.61. The zero-order valence-electron chi connectivity index (χ0n) is 11.1. The first-order valence-corrected chi connectivity index (χ1v) is 6.17. The van der Waals surface area contributed by atoms with Crippen LogP contribution in [0, 0.1) is 11.6 Å². The minimum atomic E-state index is -0.937. The number of pyridine rings is 1. The molecule has 2 N–H and O–H groups in total. The summed E-state index contributed by atoms with van der Waals surface area (Å²) >= 11 is 0. The molecule has 0 atom stereocenters. The minimum absolute atomic E-state index is 0.257. The van der Waals surface area contributed by atoms with Gasteiger partial charge in [0.1, 0.15) is 5.69 Å². The lowest BCUT2D eigenvalue weighted by Gasteiger charge is -2.07. The second kappa shape index (κ2) is 6.60. The molecule has 108 valence electrons. The van der Waals surface area contributed by atoms with Crippen LogP contribution < -0.4 is 10.6 Å². The Morgan fingerprint density at radius 1 is 1.19 bits per heavy atom. The van der Waals surface area contributed by atoms with Gasteiger partial charge in [-0.25, -0.2) is 13.8 Å². The maximum absolute atomic E-state index is 13.1. The molecule has 0 aliphatic carbocycles. The SMILES string of the molecule is C=CCNC(=O)c1ccc(Nc2ccc(F)c(F)c2)cn1. The van der Waals surface area contributed by atoms with E-state index in [4.69, 9.17) is 0 Å². The molecule has 0 aliphatic rings. The van der Waals surface area contributed by atoms with E-state index in [0.29, 0.717) is 17.9 Å². The van der Waals surface area contributed by atoms with Crippen LogP contribution in [-0.4, -0.2) is 17.4 Å². The lowest BCUT2D eigenvalue weighted by atomic mass is 10.2. The van der Waals surface area contributed by atoms with Gasteiger partial charge in [0.15, 0.2) is 11.6 Å². The second-order valence-corrected chi connectivity index (χ2v) is 4.18. The van der Waals surface area contributed by atoms with E-state index in [1.54, 1.807) is 12.1 Å². The Morgan fingerprint density at radius 3 is 2.57 bits per heavy atom. The molecule has 0 spiro atoms. The Morgan fingerprint density at radius 2 is 1.95 bits per heavy atom. The molecule has 2 aromatic rings. The van der Waals surface area contributed by atoms with E-state index >= 15 is 0 Å². The molecule has 0 bridgehead atoms. The number of carbonyl (C=O) groups excluding carboxylic acids is 1. The van der Waals surface area contributed by atoms with Crippen LogP contribution >= 0.6 is 0 Å². The van der Waals surface area contributed by atoms with Crippen LogP contribution in [0.25, 0.3) is 0 Å². The van der Waals surface area contributed by atoms with E-state index in [9.17, 15) is 13.6 Å². The number of nitrogens with one attached hydrogen (secondary N) is 2. The first kappa shape index (κ1) is 14.6. The van der Waals surface area contributed by atoms with E-state index in [0.717, 1.165) is 12.1 Å². The van der Waals surface area contributed by atoms with Crippen molar-refractivity contribution in [3.05, 3.63) is 66.5 Å². The molecule has 1 amide bonds. The Hall–Kier alpha value is -2.76. The van der Waals surface area contributed by atoms with E-state index in [2.05, 4.69) is 22.2 Å². The Bertz CT molecular complexity index is 656. The Labute approximate surface area is 120 Å². The van der Waals surface area contributed by atoms with E-state index in [1.807, 2.05) is 0 Å². The van der Waals surface area contributed by atoms with Gasteiger partial charge in [-0.3, -0.25) is 4.79 Å². The molecule has 1 aromatic heterocycles. The van der Waals surface area contributed by atoms with Gasteiger partial charge in [0, 0.05) is 18.3 Å². The number of halogens is 2. The number of nitrogens with zero attached hydrogens (tertiary/aromatic N) is 1. The highest BCUT2D eigenvalue weighted by Gasteiger charge is 2.06. The van der Waals surface area contributed by atoms with Crippen molar-refractivity contribution in [2.24, 2.45) is 0 Å². The molecule has 0 fully saturated rings. The average Bonchev–Trinajstić information content (AvgIpc) is 2.49. The third-order valence-corrected chi connectivity index (χ3v) is 2.61. The van der Waals surface area contributed by atoms with Crippen molar-refractivity contribution in [2.45, 2.75) is 0 Å². The predicted molar refractivity (Wildman–Crippen MR) is 76.4 cm³/mol. The van der Waals surface area contributed by atoms with Gasteiger partial charge >= 0.3 is 0 Å².